The van der Waals surface area contributed by atoms with Crippen LogP contribution in [0.25, 0.3) is 11.5 Å². The van der Waals surface area contributed by atoms with Gasteiger partial charge >= 0.3 is 12.2 Å². The Morgan fingerprint density at radius 3 is 2.74 bits per heavy atom. The van der Waals surface area contributed by atoms with Crippen LogP contribution in [0.1, 0.15) is 17.7 Å². The monoisotopic (exact) mass is 383 g/mol. The quantitative estimate of drug-likeness (QED) is 0.846. The number of aromatic nitrogens is 1. The molecule has 1 saturated heterocycles. The zero-order valence-corrected chi connectivity index (χ0v) is 15.0. The molecule has 2 amide bonds. The first-order chi connectivity index (χ1) is 12.7. The molecule has 1 aromatic carbocycles. The molecular weight excluding hydrogens is 363 g/mol. The van der Waals surface area contributed by atoms with Crippen LogP contribution in [0, 0.1) is 13.8 Å². The van der Waals surface area contributed by atoms with Gasteiger partial charge in [0.25, 0.3) is 0 Å². The summed E-state index contributed by atoms with van der Waals surface area (Å²) in [6, 6.07) is 4.79. The SMILES string of the molecule is Cc1coc(-c2cc(NC(=O)N3CCOC(C(F)(F)F)CC3)ccc2C)n1. The fourth-order valence-corrected chi connectivity index (χ4v) is 2.85. The van der Waals surface area contributed by atoms with Gasteiger partial charge < -0.3 is 19.4 Å². The van der Waals surface area contributed by atoms with Crippen molar-refractivity contribution in [1.82, 2.24) is 9.88 Å². The standard InChI is InChI=1S/C18H20F3N3O3/c1-11-3-4-13(9-14(11)16-22-12(2)10-27-16)23-17(25)24-6-5-15(18(19,20)21)26-8-7-24/h3-4,9-10,15H,5-8H2,1-2H3,(H,23,25). The van der Waals surface area contributed by atoms with Crippen LogP contribution in [0.2, 0.25) is 0 Å². The minimum atomic E-state index is -4.42. The molecule has 27 heavy (non-hydrogen) atoms. The lowest BCUT2D eigenvalue weighted by molar-refractivity contribution is -0.218. The third-order valence-electron chi connectivity index (χ3n) is 4.33. The number of anilines is 1. The van der Waals surface area contributed by atoms with Crippen molar-refractivity contribution in [2.24, 2.45) is 0 Å². The highest BCUT2D eigenvalue weighted by atomic mass is 19.4. The molecule has 0 bridgehead atoms. The number of carbonyl (C=O) groups is 1. The molecule has 146 valence electrons. The molecule has 2 heterocycles. The summed E-state index contributed by atoms with van der Waals surface area (Å²) < 4.78 is 48.6. The van der Waals surface area contributed by atoms with E-state index < -0.39 is 18.3 Å². The smallest absolute Gasteiger partial charge is 0.414 e. The molecule has 0 aliphatic carbocycles. The highest BCUT2D eigenvalue weighted by Gasteiger charge is 2.41. The fourth-order valence-electron chi connectivity index (χ4n) is 2.85. The second-order valence-electron chi connectivity index (χ2n) is 6.43. The Morgan fingerprint density at radius 1 is 1.30 bits per heavy atom. The van der Waals surface area contributed by atoms with Crippen molar-refractivity contribution in [3.05, 3.63) is 35.7 Å². The number of nitrogens with zero attached hydrogens (tertiary/aromatic N) is 2. The molecule has 3 rings (SSSR count). The zero-order chi connectivity index (χ0) is 19.6. The molecular formula is C18H20F3N3O3. The van der Waals surface area contributed by atoms with Crippen LogP contribution in [0.3, 0.4) is 0 Å². The largest absolute Gasteiger partial charge is 0.444 e. The number of carbonyl (C=O) groups excluding carboxylic acids is 1. The third kappa shape index (κ3) is 4.60. The molecule has 1 aliphatic rings. The van der Waals surface area contributed by atoms with Gasteiger partial charge in [0.2, 0.25) is 5.89 Å². The van der Waals surface area contributed by atoms with Crippen molar-refractivity contribution in [2.75, 3.05) is 25.0 Å². The van der Waals surface area contributed by atoms with E-state index in [1.165, 1.54) is 11.2 Å². The number of aryl methyl sites for hydroxylation is 2. The second-order valence-corrected chi connectivity index (χ2v) is 6.43. The number of benzene rings is 1. The van der Waals surface area contributed by atoms with Gasteiger partial charge in [0.05, 0.1) is 12.3 Å². The van der Waals surface area contributed by atoms with E-state index in [1.807, 2.05) is 19.9 Å². The Labute approximate surface area is 154 Å². The van der Waals surface area contributed by atoms with E-state index in [9.17, 15) is 18.0 Å². The van der Waals surface area contributed by atoms with E-state index >= 15 is 0 Å². The Morgan fingerprint density at radius 2 is 2.07 bits per heavy atom. The predicted octanol–water partition coefficient (Wildman–Crippen LogP) is 4.14. The van der Waals surface area contributed by atoms with Gasteiger partial charge in [-0.05, 0) is 31.5 Å². The molecule has 0 saturated carbocycles. The summed E-state index contributed by atoms with van der Waals surface area (Å²) in [6.07, 6.45) is -5.01. The van der Waals surface area contributed by atoms with E-state index in [4.69, 9.17) is 9.15 Å². The molecule has 1 atom stereocenters. The Balaban J connectivity index is 1.69. The fraction of sp³-hybridized carbons (Fsp3) is 0.444. The van der Waals surface area contributed by atoms with Crippen molar-refractivity contribution >= 4 is 11.7 Å². The molecule has 1 aromatic heterocycles. The Kier molecular flexibility index (Phi) is 5.41. The third-order valence-corrected chi connectivity index (χ3v) is 4.33. The van der Waals surface area contributed by atoms with Crippen molar-refractivity contribution in [3.63, 3.8) is 0 Å². The van der Waals surface area contributed by atoms with Crippen LogP contribution in [0.15, 0.2) is 28.9 Å². The second kappa shape index (κ2) is 7.59. The molecule has 1 aliphatic heterocycles. The van der Waals surface area contributed by atoms with Crippen molar-refractivity contribution in [1.29, 1.82) is 0 Å². The summed E-state index contributed by atoms with van der Waals surface area (Å²) >= 11 is 0. The number of hydrogen-bond donors (Lipinski definition) is 1. The molecule has 9 heteroatoms. The summed E-state index contributed by atoms with van der Waals surface area (Å²) in [5.41, 5.74) is 2.90. The van der Waals surface area contributed by atoms with E-state index in [0.29, 0.717) is 11.6 Å². The lowest BCUT2D eigenvalue weighted by atomic mass is 10.1. The first kappa shape index (κ1) is 19.2. The number of alkyl halides is 3. The van der Waals surface area contributed by atoms with Gasteiger partial charge in [0.15, 0.2) is 6.10 Å². The summed E-state index contributed by atoms with van der Waals surface area (Å²) in [7, 11) is 0. The van der Waals surface area contributed by atoms with Crippen LogP contribution >= 0.6 is 0 Å². The summed E-state index contributed by atoms with van der Waals surface area (Å²) in [5, 5.41) is 2.72. The maximum absolute atomic E-state index is 12.8. The van der Waals surface area contributed by atoms with Gasteiger partial charge in [-0.1, -0.05) is 6.07 Å². The van der Waals surface area contributed by atoms with Crippen LogP contribution < -0.4 is 5.32 Å². The zero-order valence-electron chi connectivity index (χ0n) is 15.0. The number of oxazole rings is 1. The van der Waals surface area contributed by atoms with Gasteiger partial charge in [-0.2, -0.15) is 13.2 Å². The van der Waals surface area contributed by atoms with Gasteiger partial charge in [-0.3, -0.25) is 0 Å². The maximum atomic E-state index is 12.8. The first-order valence-corrected chi connectivity index (χ1v) is 8.51. The highest BCUT2D eigenvalue weighted by molar-refractivity contribution is 5.90. The molecule has 1 fully saturated rings. The minimum Gasteiger partial charge on any atom is -0.444 e. The lowest BCUT2D eigenvalue weighted by Crippen LogP contribution is -2.37. The summed E-state index contributed by atoms with van der Waals surface area (Å²) in [6.45, 7) is 3.60. The van der Waals surface area contributed by atoms with Crippen molar-refractivity contribution in [3.8, 4) is 11.5 Å². The number of urea groups is 1. The van der Waals surface area contributed by atoms with Gasteiger partial charge in [0.1, 0.15) is 6.26 Å². The summed E-state index contributed by atoms with van der Waals surface area (Å²) in [5.74, 6) is 0.442. The average molecular weight is 383 g/mol. The molecule has 2 aromatic rings. The van der Waals surface area contributed by atoms with E-state index in [1.54, 1.807) is 12.1 Å². The number of amides is 2. The van der Waals surface area contributed by atoms with Crippen LogP contribution in [0.5, 0.6) is 0 Å². The Hall–Kier alpha value is -2.55. The Bertz CT molecular complexity index is 820. The molecule has 6 nitrogen and oxygen atoms in total. The number of ether oxygens (including phenoxy) is 1. The normalized spacial score (nSPS) is 18.3. The number of nitrogens with one attached hydrogen (secondary N) is 1. The number of rotatable bonds is 2. The van der Waals surface area contributed by atoms with Gasteiger partial charge in [-0.15, -0.1) is 0 Å². The molecule has 0 radical (unpaired) electrons. The van der Waals surface area contributed by atoms with E-state index in [2.05, 4.69) is 10.3 Å². The van der Waals surface area contributed by atoms with Crippen molar-refractivity contribution in [2.45, 2.75) is 32.5 Å². The van der Waals surface area contributed by atoms with Gasteiger partial charge in [0, 0.05) is 30.8 Å². The van der Waals surface area contributed by atoms with E-state index in [-0.39, 0.29) is 26.1 Å². The van der Waals surface area contributed by atoms with Crippen LogP contribution in [-0.2, 0) is 4.74 Å². The number of halogens is 3. The molecule has 1 unspecified atom stereocenters. The number of hydrogen-bond acceptors (Lipinski definition) is 4. The first-order valence-electron chi connectivity index (χ1n) is 8.51. The van der Waals surface area contributed by atoms with Crippen molar-refractivity contribution < 1.29 is 27.1 Å². The molecule has 0 spiro atoms. The van der Waals surface area contributed by atoms with Crippen LogP contribution in [-0.4, -0.2) is 47.9 Å². The van der Waals surface area contributed by atoms with Crippen LogP contribution in [0.4, 0.5) is 23.7 Å². The maximum Gasteiger partial charge on any atom is 0.414 e. The van der Waals surface area contributed by atoms with E-state index in [0.717, 1.165) is 16.8 Å². The molecule has 1 N–H and O–H groups in total. The lowest BCUT2D eigenvalue weighted by Gasteiger charge is -2.21. The highest BCUT2D eigenvalue weighted by Crippen LogP contribution is 2.28. The predicted molar refractivity (Wildman–Crippen MR) is 92.4 cm³/mol. The average Bonchev–Trinajstić information content (AvgIpc) is 2.87. The van der Waals surface area contributed by atoms with Gasteiger partial charge in [-0.25, -0.2) is 9.78 Å². The summed E-state index contributed by atoms with van der Waals surface area (Å²) in [4.78, 5) is 18.1. The minimum absolute atomic E-state index is 0.0341. The topological polar surface area (TPSA) is 67.6 Å².